The van der Waals surface area contributed by atoms with Gasteiger partial charge >= 0.3 is 0 Å². The second kappa shape index (κ2) is 7.80. The number of benzene rings is 3. The summed E-state index contributed by atoms with van der Waals surface area (Å²) in [4.78, 5) is 16.6. The monoisotopic (exact) mass is 477 g/mol. The maximum atomic E-state index is 13.6. The van der Waals surface area contributed by atoms with E-state index in [1.165, 1.54) is 5.56 Å². The molecule has 5 rings (SSSR count). The molecule has 0 radical (unpaired) electrons. The Morgan fingerprint density at radius 3 is 2.50 bits per heavy atom. The van der Waals surface area contributed by atoms with E-state index < -0.39 is 5.54 Å². The zero-order chi connectivity index (χ0) is 22.6. The summed E-state index contributed by atoms with van der Waals surface area (Å²) >= 11 is 5.69. The summed E-state index contributed by atoms with van der Waals surface area (Å²) in [5, 5.41) is 2.24. The van der Waals surface area contributed by atoms with Gasteiger partial charge in [-0.25, -0.2) is 0 Å². The maximum Gasteiger partial charge on any atom is 0.265 e. The van der Waals surface area contributed by atoms with Gasteiger partial charge in [0.1, 0.15) is 9.57 Å². The van der Waals surface area contributed by atoms with E-state index in [9.17, 15) is 4.79 Å². The number of rotatable bonds is 3. The lowest BCUT2D eigenvalue weighted by Gasteiger charge is -2.43. The smallest absolute Gasteiger partial charge is 0.265 e. The van der Waals surface area contributed by atoms with Gasteiger partial charge in [-0.05, 0) is 73.9 Å². The number of fused-ring (bicyclic) bond motifs is 4. The molecule has 32 heavy (non-hydrogen) atoms. The van der Waals surface area contributed by atoms with Gasteiger partial charge in [-0.3, -0.25) is 9.69 Å². The Bertz CT molecular complexity index is 1430. The van der Waals surface area contributed by atoms with Crippen LogP contribution in [0.3, 0.4) is 0 Å². The van der Waals surface area contributed by atoms with Crippen LogP contribution < -0.4 is 9.64 Å². The average molecular weight is 478 g/mol. The fraction of sp³-hybridized carbons (Fsp3) is 0.231. The lowest BCUT2D eigenvalue weighted by Crippen LogP contribution is -2.49. The van der Waals surface area contributed by atoms with Crippen molar-refractivity contribution in [2.45, 2.75) is 33.2 Å². The Labute approximate surface area is 200 Å². The first-order valence-corrected chi connectivity index (χ1v) is 13.0. The van der Waals surface area contributed by atoms with Crippen LogP contribution >= 0.6 is 32.9 Å². The number of anilines is 1. The van der Waals surface area contributed by atoms with Crippen LogP contribution in [0.5, 0.6) is 5.75 Å². The highest BCUT2D eigenvalue weighted by Crippen LogP contribution is 2.52. The van der Waals surface area contributed by atoms with E-state index in [1.54, 1.807) is 20.7 Å². The molecule has 0 unspecified atom stereocenters. The number of amides is 1. The van der Waals surface area contributed by atoms with Crippen molar-refractivity contribution in [3.8, 4) is 16.9 Å². The summed E-state index contributed by atoms with van der Waals surface area (Å²) in [6.07, 6.45) is 0. The van der Waals surface area contributed by atoms with Gasteiger partial charge in [0.2, 0.25) is 0 Å². The first-order valence-electron chi connectivity index (χ1n) is 10.5. The van der Waals surface area contributed by atoms with Gasteiger partial charge in [0.05, 0.1) is 16.1 Å². The minimum absolute atomic E-state index is 0.0288. The van der Waals surface area contributed by atoms with Crippen LogP contribution in [0.1, 0.15) is 29.9 Å². The van der Waals surface area contributed by atoms with Crippen LogP contribution in [-0.4, -0.2) is 12.5 Å². The minimum atomic E-state index is -0.508. The Morgan fingerprint density at radius 1 is 1.00 bits per heavy atom. The van der Waals surface area contributed by atoms with Gasteiger partial charge in [0, 0.05) is 11.1 Å². The van der Waals surface area contributed by atoms with Crippen molar-refractivity contribution in [1.29, 1.82) is 0 Å². The third-order valence-electron chi connectivity index (χ3n) is 6.20. The van der Waals surface area contributed by atoms with Crippen molar-refractivity contribution < 1.29 is 9.53 Å². The standard InChI is InChI=1S/C26H23NO2S3/c1-15-11-20-21(12-16(15)2)27(26(3,4)24-23(20)25(30)32-31-24)22(28)14-29-19-10-9-17-7-5-6-8-18(17)13-19/h5-13H,14H2,1-4H3. The molecular weight excluding hydrogens is 454 g/mol. The first kappa shape index (κ1) is 21.3. The molecule has 162 valence electrons. The molecule has 1 aliphatic heterocycles. The number of hydrogen-bond donors (Lipinski definition) is 0. The largest absolute Gasteiger partial charge is 0.484 e. The fourth-order valence-corrected chi connectivity index (χ4v) is 7.68. The number of carbonyl (C=O) groups is 1. The molecule has 1 aliphatic rings. The lowest BCUT2D eigenvalue weighted by molar-refractivity contribution is -0.121. The maximum absolute atomic E-state index is 13.6. The summed E-state index contributed by atoms with van der Waals surface area (Å²) in [5.74, 6) is 0.627. The quantitative estimate of drug-likeness (QED) is 0.224. The molecule has 3 nitrogen and oxygen atoms in total. The van der Waals surface area contributed by atoms with Crippen molar-refractivity contribution >= 4 is 55.3 Å². The summed E-state index contributed by atoms with van der Waals surface area (Å²) in [7, 11) is 3.28. The molecule has 0 spiro atoms. The van der Waals surface area contributed by atoms with Crippen LogP contribution in [0, 0.1) is 17.7 Å². The molecule has 3 aromatic carbocycles. The van der Waals surface area contributed by atoms with E-state index in [-0.39, 0.29) is 12.5 Å². The molecule has 0 fully saturated rings. The van der Waals surface area contributed by atoms with Crippen LogP contribution in [0.25, 0.3) is 21.9 Å². The van der Waals surface area contributed by atoms with E-state index in [0.29, 0.717) is 5.75 Å². The molecule has 1 amide bonds. The van der Waals surface area contributed by atoms with Crippen LogP contribution in [0.2, 0.25) is 0 Å². The Kier molecular flexibility index (Phi) is 5.19. The van der Waals surface area contributed by atoms with Crippen molar-refractivity contribution in [1.82, 2.24) is 0 Å². The molecule has 0 N–H and O–H groups in total. The molecule has 0 bridgehead atoms. The Morgan fingerprint density at radius 2 is 1.72 bits per heavy atom. The SMILES string of the molecule is Cc1cc2c(cc1C)N(C(=O)COc1ccc3ccccc3c1)C(C)(C)c1ssc(=S)c1-2. The van der Waals surface area contributed by atoms with Crippen molar-refractivity contribution in [2.24, 2.45) is 0 Å². The molecule has 4 aromatic rings. The molecule has 0 atom stereocenters. The molecule has 0 saturated heterocycles. The molecule has 0 saturated carbocycles. The highest BCUT2D eigenvalue weighted by Gasteiger charge is 2.43. The van der Waals surface area contributed by atoms with Gasteiger partial charge in [0.15, 0.2) is 6.61 Å². The summed E-state index contributed by atoms with van der Waals surface area (Å²) in [6, 6.07) is 18.3. The van der Waals surface area contributed by atoms with Crippen LogP contribution in [0.4, 0.5) is 5.69 Å². The predicted molar refractivity (Wildman–Crippen MR) is 138 cm³/mol. The number of nitrogens with zero attached hydrogens (tertiary/aromatic N) is 1. The molecule has 1 aromatic heterocycles. The Hall–Kier alpha value is -2.54. The number of aryl methyl sites for hydroxylation is 2. The second-order valence-corrected chi connectivity index (χ2v) is 11.5. The van der Waals surface area contributed by atoms with Crippen molar-refractivity contribution in [2.75, 3.05) is 11.5 Å². The van der Waals surface area contributed by atoms with E-state index in [0.717, 1.165) is 41.9 Å². The lowest BCUT2D eigenvalue weighted by atomic mass is 9.86. The van der Waals surface area contributed by atoms with Gasteiger partial charge in [-0.15, -0.1) is 0 Å². The second-order valence-electron chi connectivity index (χ2n) is 8.70. The van der Waals surface area contributed by atoms with Crippen LogP contribution in [-0.2, 0) is 10.3 Å². The van der Waals surface area contributed by atoms with Gasteiger partial charge in [-0.2, -0.15) is 0 Å². The molecule has 6 heteroatoms. The number of hydrogen-bond acceptors (Lipinski definition) is 5. The summed E-state index contributed by atoms with van der Waals surface area (Å²) in [5.41, 5.74) is 4.91. The zero-order valence-corrected chi connectivity index (χ0v) is 20.8. The average Bonchev–Trinajstić information content (AvgIpc) is 3.16. The van der Waals surface area contributed by atoms with E-state index >= 15 is 0 Å². The van der Waals surface area contributed by atoms with Crippen LogP contribution in [0.15, 0.2) is 54.6 Å². The van der Waals surface area contributed by atoms with Gasteiger partial charge in [0.25, 0.3) is 5.91 Å². The third kappa shape index (κ3) is 3.38. The van der Waals surface area contributed by atoms with Crippen molar-refractivity contribution in [3.05, 3.63) is 74.4 Å². The first-order chi connectivity index (χ1) is 15.3. The molecule has 0 aliphatic carbocycles. The van der Waals surface area contributed by atoms with E-state index in [2.05, 4.69) is 45.9 Å². The van der Waals surface area contributed by atoms with Gasteiger partial charge < -0.3 is 4.74 Å². The highest BCUT2D eigenvalue weighted by molar-refractivity contribution is 7.80. The molecule has 2 heterocycles. The zero-order valence-electron chi connectivity index (χ0n) is 18.4. The third-order valence-corrected chi connectivity index (χ3v) is 9.53. The van der Waals surface area contributed by atoms with Gasteiger partial charge in [-0.1, -0.05) is 63.2 Å². The summed E-state index contributed by atoms with van der Waals surface area (Å²) in [6.45, 7) is 8.34. The fourth-order valence-electron chi connectivity index (χ4n) is 4.40. The number of carbonyl (C=O) groups excluding carboxylic acids is 1. The normalized spacial score (nSPS) is 14.2. The topological polar surface area (TPSA) is 29.5 Å². The predicted octanol–water partition coefficient (Wildman–Crippen LogP) is 7.64. The highest BCUT2D eigenvalue weighted by atomic mass is 32.9. The molecular formula is C26H23NO2S3. The Balaban J connectivity index is 1.52. The number of ether oxygens (including phenoxy) is 1. The van der Waals surface area contributed by atoms with E-state index in [4.69, 9.17) is 17.0 Å². The summed E-state index contributed by atoms with van der Waals surface area (Å²) < 4.78 is 6.87. The van der Waals surface area contributed by atoms with E-state index in [1.807, 2.05) is 41.3 Å². The minimum Gasteiger partial charge on any atom is -0.484 e. The van der Waals surface area contributed by atoms with Crippen molar-refractivity contribution in [3.63, 3.8) is 0 Å².